The minimum Gasteiger partial charge on any atom is -0.497 e. The van der Waals surface area contributed by atoms with Gasteiger partial charge in [-0.1, -0.05) is 23.7 Å². The summed E-state index contributed by atoms with van der Waals surface area (Å²) in [5.41, 5.74) is 1.75. The van der Waals surface area contributed by atoms with E-state index in [0.717, 1.165) is 16.9 Å². The van der Waals surface area contributed by atoms with Gasteiger partial charge in [0.2, 0.25) is 0 Å². The van der Waals surface area contributed by atoms with E-state index in [1.165, 1.54) is 6.33 Å². The zero-order chi connectivity index (χ0) is 10.7. The number of rotatable bonds is 2. The fourth-order valence-corrected chi connectivity index (χ4v) is 1.50. The Labute approximate surface area is 92.7 Å². The first-order valence-electron chi connectivity index (χ1n) is 4.41. The molecular formula is C11H9ClN2O. The van der Waals surface area contributed by atoms with E-state index in [1.807, 2.05) is 24.3 Å². The van der Waals surface area contributed by atoms with Gasteiger partial charge < -0.3 is 4.74 Å². The smallest absolute Gasteiger partial charge is 0.140 e. The van der Waals surface area contributed by atoms with E-state index >= 15 is 0 Å². The molecule has 2 rings (SSSR count). The molecule has 0 radical (unpaired) electrons. The fraction of sp³-hybridized carbons (Fsp3) is 0.0909. The lowest BCUT2D eigenvalue weighted by molar-refractivity contribution is 0.415. The first-order valence-corrected chi connectivity index (χ1v) is 4.79. The minimum atomic E-state index is 0.443. The quantitative estimate of drug-likeness (QED) is 0.730. The molecule has 1 aromatic carbocycles. The highest BCUT2D eigenvalue weighted by Crippen LogP contribution is 2.27. The van der Waals surface area contributed by atoms with E-state index in [0.29, 0.717) is 5.15 Å². The Balaban J connectivity index is 2.49. The normalized spacial score (nSPS) is 10.0. The van der Waals surface area contributed by atoms with Gasteiger partial charge in [0.15, 0.2) is 0 Å². The Morgan fingerprint density at radius 2 is 2.20 bits per heavy atom. The SMILES string of the molecule is COc1cccc(-c2cncnc2Cl)c1. The lowest BCUT2D eigenvalue weighted by Gasteiger charge is -2.04. The largest absolute Gasteiger partial charge is 0.497 e. The summed E-state index contributed by atoms with van der Waals surface area (Å²) >= 11 is 5.96. The highest BCUT2D eigenvalue weighted by atomic mass is 35.5. The number of benzene rings is 1. The fourth-order valence-electron chi connectivity index (χ4n) is 1.30. The number of halogens is 1. The van der Waals surface area contributed by atoms with Crippen LogP contribution in [0, 0.1) is 0 Å². The second-order valence-electron chi connectivity index (χ2n) is 2.96. The van der Waals surface area contributed by atoms with Crippen LogP contribution in [0.25, 0.3) is 11.1 Å². The summed E-state index contributed by atoms with van der Waals surface area (Å²) in [7, 11) is 1.63. The van der Waals surface area contributed by atoms with Crippen LogP contribution >= 0.6 is 11.6 Å². The number of ether oxygens (including phenoxy) is 1. The number of aromatic nitrogens is 2. The maximum atomic E-state index is 5.96. The molecule has 0 aliphatic heterocycles. The Morgan fingerprint density at radius 1 is 1.33 bits per heavy atom. The first kappa shape index (κ1) is 9.93. The maximum Gasteiger partial charge on any atom is 0.140 e. The standard InChI is InChI=1S/C11H9ClN2O/c1-15-9-4-2-3-8(5-9)10-6-13-7-14-11(10)12/h2-7H,1H3. The van der Waals surface area contributed by atoms with E-state index in [9.17, 15) is 0 Å². The third-order valence-electron chi connectivity index (χ3n) is 2.04. The second-order valence-corrected chi connectivity index (χ2v) is 3.32. The van der Waals surface area contributed by atoms with Crippen molar-refractivity contribution in [1.29, 1.82) is 0 Å². The number of methoxy groups -OCH3 is 1. The summed E-state index contributed by atoms with van der Waals surface area (Å²) in [5.74, 6) is 0.785. The van der Waals surface area contributed by atoms with Gasteiger partial charge in [0.05, 0.1) is 7.11 Å². The Bertz CT molecular complexity index is 474. The highest BCUT2D eigenvalue weighted by Gasteiger charge is 2.04. The molecule has 0 atom stereocenters. The van der Waals surface area contributed by atoms with E-state index in [1.54, 1.807) is 13.3 Å². The van der Waals surface area contributed by atoms with Crippen molar-refractivity contribution in [2.24, 2.45) is 0 Å². The van der Waals surface area contributed by atoms with Gasteiger partial charge in [-0.3, -0.25) is 0 Å². The number of hydrogen-bond donors (Lipinski definition) is 0. The molecule has 0 aliphatic rings. The molecule has 0 amide bonds. The van der Waals surface area contributed by atoms with Crippen molar-refractivity contribution in [2.45, 2.75) is 0 Å². The molecule has 1 aromatic heterocycles. The van der Waals surface area contributed by atoms with Gasteiger partial charge >= 0.3 is 0 Å². The molecule has 0 saturated carbocycles. The van der Waals surface area contributed by atoms with Gasteiger partial charge in [0, 0.05) is 11.8 Å². The third-order valence-corrected chi connectivity index (χ3v) is 2.35. The molecule has 1 heterocycles. The van der Waals surface area contributed by atoms with Crippen LogP contribution in [0.4, 0.5) is 0 Å². The van der Waals surface area contributed by atoms with Crippen LogP contribution in [-0.2, 0) is 0 Å². The van der Waals surface area contributed by atoms with E-state index < -0.39 is 0 Å². The zero-order valence-corrected chi connectivity index (χ0v) is 8.90. The zero-order valence-electron chi connectivity index (χ0n) is 8.14. The van der Waals surface area contributed by atoms with Gasteiger partial charge in [-0.15, -0.1) is 0 Å². The average Bonchev–Trinajstić information content (AvgIpc) is 2.30. The van der Waals surface area contributed by atoms with Crippen molar-refractivity contribution in [1.82, 2.24) is 9.97 Å². The predicted octanol–water partition coefficient (Wildman–Crippen LogP) is 2.81. The van der Waals surface area contributed by atoms with Crippen LogP contribution in [0.5, 0.6) is 5.75 Å². The van der Waals surface area contributed by atoms with Crippen molar-refractivity contribution >= 4 is 11.6 Å². The molecule has 0 saturated heterocycles. The van der Waals surface area contributed by atoms with Gasteiger partial charge in [0.25, 0.3) is 0 Å². The van der Waals surface area contributed by atoms with Gasteiger partial charge in [-0.2, -0.15) is 0 Å². The summed E-state index contributed by atoms with van der Waals surface area (Å²) in [4.78, 5) is 7.87. The van der Waals surface area contributed by atoms with Crippen molar-refractivity contribution < 1.29 is 4.74 Å². The molecule has 76 valence electrons. The summed E-state index contributed by atoms with van der Waals surface area (Å²) in [6.45, 7) is 0. The average molecular weight is 221 g/mol. The monoisotopic (exact) mass is 220 g/mol. The predicted molar refractivity (Wildman–Crippen MR) is 59.0 cm³/mol. The van der Waals surface area contributed by atoms with Gasteiger partial charge in [-0.25, -0.2) is 9.97 Å². The summed E-state index contributed by atoms with van der Waals surface area (Å²) in [6.07, 6.45) is 3.11. The molecule has 0 N–H and O–H groups in total. The van der Waals surface area contributed by atoms with E-state index in [2.05, 4.69) is 9.97 Å². The van der Waals surface area contributed by atoms with Crippen LogP contribution in [0.15, 0.2) is 36.8 Å². The Kier molecular flexibility index (Phi) is 2.83. The third kappa shape index (κ3) is 2.07. The van der Waals surface area contributed by atoms with Crippen molar-refractivity contribution in [3.05, 3.63) is 41.9 Å². The Morgan fingerprint density at radius 3 is 2.93 bits per heavy atom. The molecule has 0 bridgehead atoms. The molecule has 0 aliphatic carbocycles. The lowest BCUT2D eigenvalue weighted by Crippen LogP contribution is -1.87. The van der Waals surface area contributed by atoms with E-state index in [-0.39, 0.29) is 0 Å². The van der Waals surface area contributed by atoms with Crippen LogP contribution in [0.3, 0.4) is 0 Å². The van der Waals surface area contributed by atoms with Crippen LogP contribution in [0.2, 0.25) is 5.15 Å². The first-order chi connectivity index (χ1) is 7.31. The molecule has 4 heteroatoms. The van der Waals surface area contributed by atoms with Crippen LogP contribution in [0.1, 0.15) is 0 Å². The second kappa shape index (κ2) is 4.28. The Hall–Kier alpha value is -1.61. The lowest BCUT2D eigenvalue weighted by atomic mass is 10.1. The highest BCUT2D eigenvalue weighted by molar-refractivity contribution is 6.32. The summed E-state index contributed by atoms with van der Waals surface area (Å²) < 4.78 is 5.13. The molecule has 3 nitrogen and oxygen atoms in total. The van der Waals surface area contributed by atoms with Crippen molar-refractivity contribution in [2.75, 3.05) is 7.11 Å². The molecule has 0 fully saturated rings. The summed E-state index contributed by atoms with van der Waals surface area (Å²) in [6, 6.07) is 7.61. The number of hydrogen-bond acceptors (Lipinski definition) is 3. The maximum absolute atomic E-state index is 5.96. The molecule has 0 spiro atoms. The van der Waals surface area contributed by atoms with Crippen LogP contribution < -0.4 is 4.74 Å². The molecule has 2 aromatic rings. The number of nitrogens with zero attached hydrogens (tertiary/aromatic N) is 2. The molecule has 15 heavy (non-hydrogen) atoms. The molecular weight excluding hydrogens is 212 g/mol. The topological polar surface area (TPSA) is 35.0 Å². The summed E-state index contributed by atoms with van der Waals surface area (Å²) in [5, 5.41) is 0.443. The van der Waals surface area contributed by atoms with Gasteiger partial charge in [0.1, 0.15) is 17.2 Å². The van der Waals surface area contributed by atoms with Crippen molar-refractivity contribution in [3.63, 3.8) is 0 Å². The van der Waals surface area contributed by atoms with Crippen LogP contribution in [-0.4, -0.2) is 17.1 Å². The van der Waals surface area contributed by atoms with Gasteiger partial charge in [-0.05, 0) is 17.7 Å². The molecule has 0 unspecified atom stereocenters. The minimum absolute atomic E-state index is 0.443. The van der Waals surface area contributed by atoms with Crippen molar-refractivity contribution in [3.8, 4) is 16.9 Å². The van der Waals surface area contributed by atoms with E-state index in [4.69, 9.17) is 16.3 Å².